The maximum atomic E-state index is 12.3. The average molecular weight is 190 g/mol. The number of carbonyl (C=O) groups is 1. The Bertz CT molecular complexity index is 279. The zero-order valence-corrected chi connectivity index (χ0v) is 6.88. The fourth-order valence-corrected chi connectivity index (χ4v) is 0.651. The third-order valence-electron chi connectivity index (χ3n) is 1.31. The first kappa shape index (κ1) is 9.63. The van der Waals surface area contributed by atoms with Crippen LogP contribution in [0.5, 0.6) is 0 Å². The lowest BCUT2D eigenvalue weighted by Gasteiger charge is -2.08. The minimum absolute atomic E-state index is 0.0568. The number of aromatic nitrogens is 1. The van der Waals surface area contributed by atoms with Gasteiger partial charge in [-0.15, -0.1) is 0 Å². The lowest BCUT2D eigenvalue weighted by molar-refractivity contribution is -0.143. The molecule has 1 heterocycles. The van der Waals surface area contributed by atoms with Crippen molar-refractivity contribution in [3.05, 3.63) is 18.4 Å². The Hall–Kier alpha value is -1.46. The van der Waals surface area contributed by atoms with Crippen molar-refractivity contribution in [3.8, 4) is 0 Å². The van der Waals surface area contributed by atoms with Crippen molar-refractivity contribution in [3.63, 3.8) is 0 Å². The van der Waals surface area contributed by atoms with Gasteiger partial charge in [-0.3, -0.25) is 4.79 Å². The topological polar surface area (TPSA) is 55.1 Å². The highest BCUT2D eigenvalue weighted by Crippen LogP contribution is 2.11. The maximum absolute atomic E-state index is 12.3. The van der Waals surface area contributed by atoms with E-state index in [4.69, 9.17) is 0 Å². The molecule has 0 unspecified atom stereocenters. The molecule has 0 saturated heterocycles. The largest absolute Gasteiger partial charge is 0.451 e. The van der Waals surface area contributed by atoms with E-state index in [-0.39, 0.29) is 6.54 Å². The van der Waals surface area contributed by atoms with Crippen molar-refractivity contribution in [1.29, 1.82) is 0 Å². The Balaban J connectivity index is 2.40. The van der Waals surface area contributed by atoms with Gasteiger partial charge in [0.1, 0.15) is 6.26 Å². The van der Waals surface area contributed by atoms with E-state index in [9.17, 15) is 13.6 Å². The van der Waals surface area contributed by atoms with Crippen LogP contribution in [0.4, 0.5) is 8.78 Å². The predicted molar refractivity (Wildman–Crippen MR) is 39.0 cm³/mol. The molecule has 72 valence electrons. The van der Waals surface area contributed by atoms with Crippen LogP contribution < -0.4 is 5.32 Å². The molecular weight excluding hydrogens is 182 g/mol. The molecule has 6 heteroatoms. The summed E-state index contributed by atoms with van der Waals surface area (Å²) in [6.45, 7) is 0.476. The van der Waals surface area contributed by atoms with Crippen LogP contribution >= 0.6 is 0 Å². The van der Waals surface area contributed by atoms with Crippen LogP contribution in [0.25, 0.3) is 0 Å². The van der Waals surface area contributed by atoms with Crippen LogP contribution in [0, 0.1) is 0 Å². The quantitative estimate of drug-likeness (QED) is 0.771. The Labute approximate surface area is 72.9 Å². The zero-order valence-electron chi connectivity index (χ0n) is 6.88. The summed E-state index contributed by atoms with van der Waals surface area (Å²) < 4.78 is 29.2. The van der Waals surface area contributed by atoms with Crippen molar-refractivity contribution in [2.24, 2.45) is 0 Å². The summed E-state index contributed by atoms with van der Waals surface area (Å²) in [6, 6.07) is 0. The first-order valence-electron chi connectivity index (χ1n) is 3.53. The number of nitrogens with one attached hydrogen (secondary N) is 1. The van der Waals surface area contributed by atoms with Crippen molar-refractivity contribution in [2.75, 3.05) is 0 Å². The van der Waals surface area contributed by atoms with Crippen molar-refractivity contribution in [2.45, 2.75) is 19.4 Å². The van der Waals surface area contributed by atoms with Gasteiger partial charge in [-0.1, -0.05) is 0 Å². The Morgan fingerprint density at radius 1 is 1.77 bits per heavy atom. The molecule has 4 nitrogen and oxygen atoms in total. The summed E-state index contributed by atoms with van der Waals surface area (Å²) >= 11 is 0. The van der Waals surface area contributed by atoms with Gasteiger partial charge in [0, 0.05) is 6.92 Å². The molecule has 0 aromatic carbocycles. The molecule has 0 aliphatic carbocycles. The Kier molecular flexibility index (Phi) is 2.60. The SMILES string of the molecule is CC(F)(F)C(=O)NCc1cocn1. The summed E-state index contributed by atoms with van der Waals surface area (Å²) in [5.74, 6) is -4.68. The number of alkyl halides is 2. The van der Waals surface area contributed by atoms with E-state index in [1.54, 1.807) is 0 Å². The Morgan fingerprint density at radius 3 is 2.92 bits per heavy atom. The van der Waals surface area contributed by atoms with E-state index < -0.39 is 11.8 Å². The highest BCUT2D eigenvalue weighted by Gasteiger charge is 2.31. The van der Waals surface area contributed by atoms with E-state index >= 15 is 0 Å². The molecule has 0 fully saturated rings. The second-order valence-corrected chi connectivity index (χ2v) is 2.55. The minimum Gasteiger partial charge on any atom is -0.451 e. The summed E-state index contributed by atoms with van der Waals surface area (Å²) in [7, 11) is 0. The first-order valence-corrected chi connectivity index (χ1v) is 3.53. The summed E-state index contributed by atoms with van der Waals surface area (Å²) in [4.78, 5) is 14.3. The number of amides is 1. The van der Waals surface area contributed by atoms with Gasteiger partial charge in [0.2, 0.25) is 0 Å². The van der Waals surface area contributed by atoms with E-state index in [1.165, 1.54) is 6.26 Å². The van der Waals surface area contributed by atoms with Crippen molar-refractivity contribution in [1.82, 2.24) is 10.3 Å². The average Bonchev–Trinajstić information content (AvgIpc) is 2.50. The number of halogens is 2. The van der Waals surface area contributed by atoms with Gasteiger partial charge in [-0.25, -0.2) is 4.98 Å². The molecular formula is C7H8F2N2O2. The molecule has 13 heavy (non-hydrogen) atoms. The van der Waals surface area contributed by atoms with Crippen LogP contribution in [0.15, 0.2) is 17.1 Å². The molecule has 1 rings (SSSR count). The standard InChI is InChI=1S/C7H8F2N2O2/c1-7(8,9)6(12)10-2-5-3-13-4-11-5/h3-4H,2H2,1H3,(H,10,12). The molecule has 0 radical (unpaired) electrons. The predicted octanol–water partition coefficient (Wildman–Crippen LogP) is 0.946. The highest BCUT2D eigenvalue weighted by atomic mass is 19.3. The van der Waals surface area contributed by atoms with Crippen molar-refractivity contribution >= 4 is 5.91 Å². The number of carbonyl (C=O) groups excluding carboxylic acids is 1. The summed E-state index contributed by atoms with van der Waals surface area (Å²) in [5.41, 5.74) is 0.401. The smallest absolute Gasteiger partial charge is 0.321 e. The molecule has 1 aromatic heterocycles. The lowest BCUT2D eigenvalue weighted by Crippen LogP contribution is -2.37. The van der Waals surface area contributed by atoms with Crippen LogP contribution in [-0.4, -0.2) is 16.8 Å². The Morgan fingerprint density at radius 2 is 2.46 bits per heavy atom. The van der Waals surface area contributed by atoms with Gasteiger partial charge in [0.25, 0.3) is 5.91 Å². The van der Waals surface area contributed by atoms with Gasteiger partial charge >= 0.3 is 5.92 Å². The highest BCUT2D eigenvalue weighted by molar-refractivity contribution is 5.82. The molecule has 0 aliphatic heterocycles. The monoisotopic (exact) mass is 190 g/mol. The third-order valence-corrected chi connectivity index (χ3v) is 1.31. The van der Waals surface area contributed by atoms with Crippen LogP contribution in [0.3, 0.4) is 0 Å². The number of nitrogens with zero attached hydrogens (tertiary/aromatic N) is 1. The van der Waals surface area contributed by atoms with Gasteiger partial charge in [-0.2, -0.15) is 8.78 Å². The van der Waals surface area contributed by atoms with E-state index in [0.717, 1.165) is 6.39 Å². The number of oxazole rings is 1. The van der Waals surface area contributed by atoms with Crippen LogP contribution in [-0.2, 0) is 11.3 Å². The maximum Gasteiger partial charge on any atom is 0.321 e. The van der Waals surface area contributed by atoms with Crippen LogP contribution in [0.1, 0.15) is 12.6 Å². The normalized spacial score (nSPS) is 11.3. The molecule has 0 spiro atoms. The third kappa shape index (κ3) is 2.81. The molecule has 0 aliphatic rings. The van der Waals surface area contributed by atoms with Crippen LogP contribution in [0.2, 0.25) is 0 Å². The summed E-state index contributed by atoms with van der Waals surface area (Å²) in [6.07, 6.45) is 2.43. The van der Waals surface area contributed by atoms with E-state index in [0.29, 0.717) is 12.6 Å². The molecule has 0 atom stereocenters. The van der Waals surface area contributed by atoms with Gasteiger partial charge in [0.15, 0.2) is 6.39 Å². The van der Waals surface area contributed by atoms with Crippen molar-refractivity contribution < 1.29 is 18.0 Å². The zero-order chi connectivity index (χ0) is 9.90. The lowest BCUT2D eigenvalue weighted by atomic mass is 10.3. The second kappa shape index (κ2) is 3.51. The molecule has 1 amide bonds. The summed E-state index contributed by atoms with van der Waals surface area (Å²) in [5, 5.41) is 2.01. The van der Waals surface area contributed by atoms with E-state index in [1.807, 2.05) is 5.32 Å². The number of rotatable bonds is 3. The number of hydrogen-bond donors (Lipinski definition) is 1. The molecule has 1 N–H and O–H groups in total. The number of hydrogen-bond acceptors (Lipinski definition) is 3. The molecule has 0 saturated carbocycles. The van der Waals surface area contributed by atoms with Gasteiger partial charge < -0.3 is 9.73 Å². The first-order chi connectivity index (χ1) is 6.00. The van der Waals surface area contributed by atoms with Gasteiger partial charge in [0.05, 0.1) is 12.2 Å². The van der Waals surface area contributed by atoms with E-state index in [2.05, 4.69) is 9.40 Å². The minimum atomic E-state index is -3.36. The second-order valence-electron chi connectivity index (χ2n) is 2.55. The molecule has 0 bridgehead atoms. The fraction of sp³-hybridized carbons (Fsp3) is 0.429. The molecule has 1 aromatic rings. The van der Waals surface area contributed by atoms with Gasteiger partial charge in [-0.05, 0) is 0 Å². The fourth-order valence-electron chi connectivity index (χ4n) is 0.651.